The van der Waals surface area contributed by atoms with E-state index in [1.165, 1.54) is 5.69 Å². The molecule has 16 heavy (non-hydrogen) atoms. The van der Waals surface area contributed by atoms with Crippen molar-refractivity contribution in [2.45, 2.75) is 27.3 Å². The molecule has 0 aliphatic heterocycles. The highest BCUT2D eigenvalue weighted by Gasteiger charge is 2.19. The summed E-state index contributed by atoms with van der Waals surface area (Å²) >= 11 is 0. The third-order valence-corrected chi connectivity index (χ3v) is 2.95. The largest absolute Gasteiger partial charge is 0.337 e. The van der Waals surface area contributed by atoms with E-state index in [9.17, 15) is 0 Å². The van der Waals surface area contributed by atoms with Gasteiger partial charge in [-0.3, -0.25) is 4.90 Å². The molecule has 0 unspecified atom stereocenters. The van der Waals surface area contributed by atoms with Crippen LogP contribution in [0.2, 0.25) is 0 Å². The summed E-state index contributed by atoms with van der Waals surface area (Å²) in [5.74, 6) is 0. The SMILES string of the molecule is CCN(Cc1cncn1C)CC(C)(C)CN. The van der Waals surface area contributed by atoms with Crippen molar-refractivity contribution < 1.29 is 0 Å². The average molecular weight is 224 g/mol. The molecule has 4 nitrogen and oxygen atoms in total. The van der Waals surface area contributed by atoms with E-state index in [2.05, 4.69) is 35.2 Å². The van der Waals surface area contributed by atoms with Gasteiger partial charge in [-0.1, -0.05) is 20.8 Å². The first-order valence-electron chi connectivity index (χ1n) is 5.86. The number of nitrogens with two attached hydrogens (primary N) is 1. The van der Waals surface area contributed by atoms with Crippen LogP contribution in [-0.2, 0) is 13.6 Å². The van der Waals surface area contributed by atoms with Gasteiger partial charge in [0, 0.05) is 26.3 Å². The Hall–Kier alpha value is -0.870. The van der Waals surface area contributed by atoms with E-state index in [-0.39, 0.29) is 5.41 Å². The predicted octanol–water partition coefficient (Wildman–Crippen LogP) is 1.23. The van der Waals surface area contributed by atoms with Gasteiger partial charge in [-0.05, 0) is 18.5 Å². The fourth-order valence-electron chi connectivity index (χ4n) is 1.72. The van der Waals surface area contributed by atoms with Crippen molar-refractivity contribution in [3.8, 4) is 0 Å². The normalized spacial score (nSPS) is 12.4. The Labute approximate surface area is 98.5 Å². The summed E-state index contributed by atoms with van der Waals surface area (Å²) in [6, 6.07) is 0. The molecule has 0 radical (unpaired) electrons. The fourth-order valence-corrected chi connectivity index (χ4v) is 1.72. The molecule has 0 fully saturated rings. The molecule has 2 N–H and O–H groups in total. The lowest BCUT2D eigenvalue weighted by Crippen LogP contribution is -2.38. The van der Waals surface area contributed by atoms with Crippen LogP contribution in [0.1, 0.15) is 26.5 Å². The van der Waals surface area contributed by atoms with Gasteiger partial charge in [0.25, 0.3) is 0 Å². The van der Waals surface area contributed by atoms with Crippen LogP contribution in [0.3, 0.4) is 0 Å². The fraction of sp³-hybridized carbons (Fsp3) is 0.750. The number of hydrogen-bond acceptors (Lipinski definition) is 3. The van der Waals surface area contributed by atoms with Gasteiger partial charge in [0.1, 0.15) is 0 Å². The molecule has 1 heterocycles. The average Bonchev–Trinajstić information content (AvgIpc) is 2.63. The van der Waals surface area contributed by atoms with Gasteiger partial charge in [0.2, 0.25) is 0 Å². The minimum atomic E-state index is 0.175. The lowest BCUT2D eigenvalue weighted by Gasteiger charge is -2.30. The maximum absolute atomic E-state index is 5.77. The van der Waals surface area contributed by atoms with E-state index >= 15 is 0 Å². The Morgan fingerprint density at radius 1 is 1.50 bits per heavy atom. The van der Waals surface area contributed by atoms with Gasteiger partial charge in [-0.15, -0.1) is 0 Å². The van der Waals surface area contributed by atoms with Crippen molar-refractivity contribution in [2.24, 2.45) is 18.2 Å². The molecule has 0 saturated heterocycles. The summed E-state index contributed by atoms with van der Waals surface area (Å²) in [6.45, 7) is 10.3. The molecule has 0 amide bonds. The highest BCUT2D eigenvalue weighted by Crippen LogP contribution is 2.16. The standard InChI is InChI=1S/C12H24N4/c1-5-16(9-12(2,3)8-13)7-11-6-14-10-15(11)4/h6,10H,5,7-9,13H2,1-4H3. The van der Waals surface area contributed by atoms with Crippen molar-refractivity contribution in [1.82, 2.24) is 14.5 Å². The zero-order chi connectivity index (χ0) is 12.2. The van der Waals surface area contributed by atoms with Crippen molar-refractivity contribution in [3.05, 3.63) is 18.2 Å². The molecule has 1 aromatic rings. The van der Waals surface area contributed by atoms with Crippen LogP contribution in [0.5, 0.6) is 0 Å². The minimum Gasteiger partial charge on any atom is -0.337 e. The van der Waals surface area contributed by atoms with E-state index < -0.39 is 0 Å². The lowest BCUT2D eigenvalue weighted by molar-refractivity contribution is 0.180. The molecular formula is C12H24N4. The molecule has 0 atom stereocenters. The van der Waals surface area contributed by atoms with Crippen LogP contribution in [0.15, 0.2) is 12.5 Å². The molecule has 0 spiro atoms. The Morgan fingerprint density at radius 3 is 2.62 bits per heavy atom. The topological polar surface area (TPSA) is 47.1 Å². The molecule has 1 aromatic heterocycles. The van der Waals surface area contributed by atoms with E-state index in [1.807, 2.05) is 19.6 Å². The molecule has 92 valence electrons. The maximum atomic E-state index is 5.77. The van der Waals surface area contributed by atoms with Crippen molar-refractivity contribution in [1.29, 1.82) is 0 Å². The van der Waals surface area contributed by atoms with E-state index in [1.54, 1.807) is 0 Å². The number of aryl methyl sites for hydroxylation is 1. The lowest BCUT2D eigenvalue weighted by atomic mass is 9.93. The molecule has 0 bridgehead atoms. The van der Waals surface area contributed by atoms with Crippen LogP contribution in [-0.4, -0.2) is 34.1 Å². The highest BCUT2D eigenvalue weighted by atomic mass is 15.2. The van der Waals surface area contributed by atoms with E-state index in [0.717, 1.165) is 26.2 Å². The number of hydrogen-bond donors (Lipinski definition) is 1. The van der Waals surface area contributed by atoms with Crippen LogP contribution in [0.4, 0.5) is 0 Å². The molecular weight excluding hydrogens is 200 g/mol. The first-order chi connectivity index (χ1) is 7.48. The number of nitrogens with zero attached hydrogens (tertiary/aromatic N) is 3. The Balaban J connectivity index is 2.59. The van der Waals surface area contributed by atoms with E-state index in [0.29, 0.717) is 0 Å². The molecule has 4 heteroatoms. The van der Waals surface area contributed by atoms with Crippen molar-refractivity contribution in [2.75, 3.05) is 19.6 Å². The van der Waals surface area contributed by atoms with Gasteiger partial charge in [-0.25, -0.2) is 4.98 Å². The summed E-state index contributed by atoms with van der Waals surface area (Å²) in [5.41, 5.74) is 7.19. The smallest absolute Gasteiger partial charge is 0.0945 e. The molecule has 0 aromatic carbocycles. The Bertz CT molecular complexity index is 317. The van der Waals surface area contributed by atoms with Crippen LogP contribution in [0, 0.1) is 5.41 Å². The number of aromatic nitrogens is 2. The minimum absolute atomic E-state index is 0.175. The van der Waals surface area contributed by atoms with Gasteiger partial charge >= 0.3 is 0 Å². The summed E-state index contributed by atoms with van der Waals surface area (Å²) in [5, 5.41) is 0. The quantitative estimate of drug-likeness (QED) is 0.790. The first-order valence-corrected chi connectivity index (χ1v) is 5.86. The predicted molar refractivity (Wildman–Crippen MR) is 67.0 cm³/mol. The van der Waals surface area contributed by atoms with Gasteiger partial charge < -0.3 is 10.3 Å². The van der Waals surface area contributed by atoms with Gasteiger partial charge in [0.15, 0.2) is 0 Å². The van der Waals surface area contributed by atoms with Crippen LogP contribution in [0.25, 0.3) is 0 Å². The number of imidazole rings is 1. The second-order valence-electron chi connectivity index (χ2n) is 5.17. The summed E-state index contributed by atoms with van der Waals surface area (Å²) in [7, 11) is 2.03. The second kappa shape index (κ2) is 5.46. The Morgan fingerprint density at radius 2 is 2.19 bits per heavy atom. The third-order valence-electron chi connectivity index (χ3n) is 2.95. The maximum Gasteiger partial charge on any atom is 0.0945 e. The Kier molecular flexibility index (Phi) is 4.50. The highest BCUT2D eigenvalue weighted by molar-refractivity contribution is 4.97. The zero-order valence-corrected chi connectivity index (χ0v) is 10.9. The first kappa shape index (κ1) is 13.2. The molecule has 0 aliphatic carbocycles. The third kappa shape index (κ3) is 3.61. The van der Waals surface area contributed by atoms with Crippen molar-refractivity contribution >= 4 is 0 Å². The number of rotatable bonds is 6. The molecule has 0 aliphatic rings. The van der Waals surface area contributed by atoms with Crippen LogP contribution >= 0.6 is 0 Å². The monoisotopic (exact) mass is 224 g/mol. The second-order valence-corrected chi connectivity index (χ2v) is 5.17. The molecule has 0 saturated carbocycles. The van der Waals surface area contributed by atoms with Gasteiger partial charge in [-0.2, -0.15) is 0 Å². The summed E-state index contributed by atoms with van der Waals surface area (Å²) < 4.78 is 2.07. The molecule has 1 rings (SSSR count). The zero-order valence-electron chi connectivity index (χ0n) is 10.9. The van der Waals surface area contributed by atoms with E-state index in [4.69, 9.17) is 5.73 Å². The summed E-state index contributed by atoms with van der Waals surface area (Å²) in [4.78, 5) is 6.54. The van der Waals surface area contributed by atoms with Crippen LogP contribution < -0.4 is 5.73 Å². The van der Waals surface area contributed by atoms with Gasteiger partial charge in [0.05, 0.1) is 12.0 Å². The van der Waals surface area contributed by atoms with Crippen molar-refractivity contribution in [3.63, 3.8) is 0 Å². The summed E-state index contributed by atoms with van der Waals surface area (Å²) in [6.07, 6.45) is 3.77.